The Balaban J connectivity index is 2.31. The molecule has 1 rings (SSSR count). The predicted molar refractivity (Wildman–Crippen MR) is 72.8 cm³/mol. The topological polar surface area (TPSA) is 12.0 Å². The zero-order chi connectivity index (χ0) is 11.6. The van der Waals surface area contributed by atoms with Crippen LogP contribution in [0.4, 0.5) is 0 Å². The van der Waals surface area contributed by atoms with Crippen LogP contribution in [0.1, 0.15) is 71.6 Å². The molecular weight excluding hydrogens is 194 g/mol. The molecule has 1 atom stereocenters. The third kappa shape index (κ3) is 5.69. The Hall–Kier alpha value is -0.300. The average molecular weight is 223 g/mol. The van der Waals surface area contributed by atoms with Crippen LogP contribution in [-0.2, 0) is 0 Å². The molecule has 94 valence electrons. The Bertz CT molecular complexity index is 188. The van der Waals surface area contributed by atoms with Crippen LogP contribution in [-0.4, -0.2) is 12.6 Å². The van der Waals surface area contributed by atoms with Gasteiger partial charge in [-0.25, -0.2) is 0 Å². The molecule has 0 saturated carbocycles. The van der Waals surface area contributed by atoms with Crippen LogP contribution in [0.2, 0.25) is 0 Å². The van der Waals surface area contributed by atoms with Crippen LogP contribution in [0.3, 0.4) is 0 Å². The van der Waals surface area contributed by atoms with Gasteiger partial charge in [-0.15, -0.1) is 0 Å². The van der Waals surface area contributed by atoms with E-state index in [2.05, 4.69) is 25.2 Å². The highest BCUT2D eigenvalue weighted by atomic mass is 14.9. The normalized spacial score (nSPS) is 18.2. The summed E-state index contributed by atoms with van der Waals surface area (Å²) < 4.78 is 0. The zero-order valence-electron chi connectivity index (χ0n) is 11.2. The van der Waals surface area contributed by atoms with Crippen LogP contribution >= 0.6 is 0 Å². The maximum Gasteiger partial charge on any atom is 0.0104 e. The highest BCUT2D eigenvalue weighted by Gasteiger charge is 2.11. The van der Waals surface area contributed by atoms with Crippen molar-refractivity contribution >= 4 is 0 Å². The Labute approximate surface area is 102 Å². The summed E-state index contributed by atoms with van der Waals surface area (Å²) in [4.78, 5) is 0. The lowest BCUT2D eigenvalue weighted by molar-refractivity contribution is 0.452. The van der Waals surface area contributed by atoms with E-state index in [1.165, 1.54) is 64.3 Å². The second kappa shape index (κ2) is 8.81. The van der Waals surface area contributed by atoms with Crippen LogP contribution in [0.15, 0.2) is 11.6 Å². The molecule has 0 radical (unpaired) electrons. The Morgan fingerprint density at radius 3 is 2.75 bits per heavy atom. The van der Waals surface area contributed by atoms with Crippen LogP contribution in [0, 0.1) is 0 Å². The molecule has 1 aliphatic carbocycles. The molecule has 16 heavy (non-hydrogen) atoms. The molecule has 0 bridgehead atoms. The van der Waals surface area contributed by atoms with Crippen molar-refractivity contribution in [3.05, 3.63) is 11.6 Å². The van der Waals surface area contributed by atoms with Crippen molar-refractivity contribution in [1.29, 1.82) is 0 Å². The summed E-state index contributed by atoms with van der Waals surface area (Å²) >= 11 is 0. The molecule has 0 amide bonds. The van der Waals surface area contributed by atoms with Gasteiger partial charge in [0.15, 0.2) is 0 Å². The van der Waals surface area contributed by atoms with E-state index in [1.807, 2.05) is 0 Å². The van der Waals surface area contributed by atoms with Crippen molar-refractivity contribution < 1.29 is 0 Å². The summed E-state index contributed by atoms with van der Waals surface area (Å²) in [7, 11) is 0. The minimum Gasteiger partial charge on any atom is -0.314 e. The van der Waals surface area contributed by atoms with Crippen LogP contribution < -0.4 is 5.32 Å². The highest BCUT2D eigenvalue weighted by Crippen LogP contribution is 2.22. The first-order chi connectivity index (χ1) is 7.86. The maximum absolute atomic E-state index is 3.71. The molecule has 0 aromatic heterocycles. The van der Waals surface area contributed by atoms with Gasteiger partial charge in [0.1, 0.15) is 0 Å². The Kier molecular flexibility index (Phi) is 7.58. The smallest absolute Gasteiger partial charge is 0.0104 e. The summed E-state index contributed by atoms with van der Waals surface area (Å²) in [5.74, 6) is 0. The van der Waals surface area contributed by atoms with Crippen molar-refractivity contribution in [3.8, 4) is 0 Å². The molecule has 1 N–H and O–H groups in total. The molecular formula is C15H29N. The molecule has 0 spiro atoms. The molecule has 1 nitrogen and oxygen atoms in total. The Morgan fingerprint density at radius 2 is 2.12 bits per heavy atom. The van der Waals surface area contributed by atoms with E-state index in [0.29, 0.717) is 0 Å². The number of allylic oxidation sites excluding steroid dienone is 1. The van der Waals surface area contributed by atoms with Crippen LogP contribution in [0.5, 0.6) is 0 Å². The first-order valence-corrected chi connectivity index (χ1v) is 7.28. The first kappa shape index (κ1) is 13.8. The number of hydrogen-bond acceptors (Lipinski definition) is 1. The summed E-state index contributed by atoms with van der Waals surface area (Å²) in [6.45, 7) is 5.72. The van der Waals surface area contributed by atoms with Gasteiger partial charge in [0.25, 0.3) is 0 Å². The number of hydrogen-bond donors (Lipinski definition) is 1. The minimum atomic E-state index is 0.740. The lowest BCUT2D eigenvalue weighted by atomic mass is 9.92. The summed E-state index contributed by atoms with van der Waals surface area (Å²) in [6.07, 6.45) is 14.6. The standard InChI is InChI=1S/C15H29N/c1-3-5-11-15(16-12-4-2)13-14-9-7-6-8-10-14/h9,15-16H,3-8,10-13H2,1-2H3. The van der Waals surface area contributed by atoms with E-state index < -0.39 is 0 Å². The fourth-order valence-corrected chi connectivity index (χ4v) is 2.48. The van der Waals surface area contributed by atoms with E-state index in [1.54, 1.807) is 5.57 Å². The largest absolute Gasteiger partial charge is 0.314 e. The van der Waals surface area contributed by atoms with Crippen molar-refractivity contribution in [2.45, 2.75) is 77.7 Å². The fourth-order valence-electron chi connectivity index (χ4n) is 2.48. The second-order valence-corrected chi connectivity index (χ2v) is 5.11. The van der Waals surface area contributed by atoms with Gasteiger partial charge in [-0.3, -0.25) is 0 Å². The van der Waals surface area contributed by atoms with Gasteiger partial charge in [-0.1, -0.05) is 38.3 Å². The van der Waals surface area contributed by atoms with Crippen molar-refractivity contribution in [3.63, 3.8) is 0 Å². The van der Waals surface area contributed by atoms with Gasteiger partial charge in [-0.2, -0.15) is 0 Å². The third-order valence-electron chi connectivity index (χ3n) is 3.48. The molecule has 0 aliphatic heterocycles. The molecule has 1 unspecified atom stereocenters. The number of rotatable bonds is 8. The average Bonchev–Trinajstić information content (AvgIpc) is 2.34. The summed E-state index contributed by atoms with van der Waals surface area (Å²) in [6, 6.07) is 0.740. The van der Waals surface area contributed by atoms with Gasteiger partial charge < -0.3 is 5.32 Å². The first-order valence-electron chi connectivity index (χ1n) is 7.28. The van der Waals surface area contributed by atoms with Crippen LogP contribution in [0.25, 0.3) is 0 Å². The molecule has 0 heterocycles. The number of unbranched alkanes of at least 4 members (excludes halogenated alkanes) is 1. The van der Waals surface area contributed by atoms with Gasteiger partial charge in [0.2, 0.25) is 0 Å². The predicted octanol–water partition coefficient (Wildman–Crippen LogP) is 4.44. The molecule has 1 aliphatic rings. The molecule has 1 heteroatoms. The Morgan fingerprint density at radius 1 is 1.25 bits per heavy atom. The minimum absolute atomic E-state index is 0.740. The molecule has 0 fully saturated rings. The summed E-state index contributed by atoms with van der Waals surface area (Å²) in [5.41, 5.74) is 1.72. The van der Waals surface area contributed by atoms with E-state index in [4.69, 9.17) is 0 Å². The third-order valence-corrected chi connectivity index (χ3v) is 3.48. The van der Waals surface area contributed by atoms with Crippen molar-refractivity contribution in [2.24, 2.45) is 0 Å². The summed E-state index contributed by atoms with van der Waals surface area (Å²) in [5, 5.41) is 3.71. The highest BCUT2D eigenvalue weighted by molar-refractivity contribution is 5.07. The quantitative estimate of drug-likeness (QED) is 0.600. The SMILES string of the molecule is CCCCC(CC1=CCCCC1)NCCC. The lowest BCUT2D eigenvalue weighted by Crippen LogP contribution is -2.30. The van der Waals surface area contributed by atoms with E-state index in [0.717, 1.165) is 6.04 Å². The lowest BCUT2D eigenvalue weighted by Gasteiger charge is -2.21. The van der Waals surface area contributed by atoms with Gasteiger partial charge in [-0.05, 0) is 51.5 Å². The van der Waals surface area contributed by atoms with Gasteiger partial charge in [0, 0.05) is 6.04 Å². The van der Waals surface area contributed by atoms with Crippen molar-refractivity contribution in [1.82, 2.24) is 5.32 Å². The molecule has 0 aromatic carbocycles. The maximum atomic E-state index is 3.71. The second-order valence-electron chi connectivity index (χ2n) is 5.11. The number of nitrogens with one attached hydrogen (secondary N) is 1. The fraction of sp³-hybridized carbons (Fsp3) is 0.867. The van der Waals surface area contributed by atoms with Crippen molar-refractivity contribution in [2.75, 3.05) is 6.54 Å². The van der Waals surface area contributed by atoms with E-state index in [-0.39, 0.29) is 0 Å². The van der Waals surface area contributed by atoms with Gasteiger partial charge in [0.05, 0.1) is 0 Å². The van der Waals surface area contributed by atoms with Gasteiger partial charge >= 0.3 is 0 Å². The molecule has 0 aromatic rings. The van der Waals surface area contributed by atoms with E-state index >= 15 is 0 Å². The molecule has 0 saturated heterocycles. The van der Waals surface area contributed by atoms with E-state index in [9.17, 15) is 0 Å². The monoisotopic (exact) mass is 223 g/mol. The zero-order valence-corrected chi connectivity index (χ0v) is 11.2.